The fourth-order valence-electron chi connectivity index (χ4n) is 3.81. The number of fused-ring (bicyclic) bond motifs is 1. The highest BCUT2D eigenvalue weighted by molar-refractivity contribution is 9.10. The van der Waals surface area contributed by atoms with Crippen molar-refractivity contribution >= 4 is 73.3 Å². The van der Waals surface area contributed by atoms with E-state index in [4.69, 9.17) is 32.7 Å². The number of non-ortho nitro benzene ring substituents is 1. The molecule has 196 valence electrons. The highest BCUT2D eigenvalue weighted by Gasteiger charge is 2.19. The van der Waals surface area contributed by atoms with Gasteiger partial charge in [-0.05, 0) is 56.0 Å². The van der Waals surface area contributed by atoms with Crippen LogP contribution < -0.4 is 14.8 Å². The van der Waals surface area contributed by atoms with Crippen LogP contribution in [0.1, 0.15) is 11.1 Å². The van der Waals surface area contributed by atoms with Crippen LogP contribution in [0.25, 0.3) is 16.8 Å². The van der Waals surface area contributed by atoms with Gasteiger partial charge in [0.15, 0.2) is 11.5 Å². The monoisotopic (exact) mass is 625 g/mol. The van der Waals surface area contributed by atoms with E-state index in [2.05, 4.69) is 21.2 Å². The quantitative estimate of drug-likeness (QED) is 0.0918. The summed E-state index contributed by atoms with van der Waals surface area (Å²) in [5, 5.41) is 25.0. The van der Waals surface area contributed by atoms with Gasteiger partial charge in [-0.25, -0.2) is 0 Å². The van der Waals surface area contributed by atoms with Crippen LogP contribution in [0.2, 0.25) is 10.0 Å². The number of nitro groups is 1. The van der Waals surface area contributed by atoms with Crippen LogP contribution in [-0.4, -0.2) is 17.9 Å². The SMILES string of the molecule is COc1cc(/C=C(\C#N)C(=O)Nc2c(Cl)cc([N+](=O)[O-])cc2Cl)cc(Br)c1OCc1cccc2ccccc12. The maximum absolute atomic E-state index is 12.8. The van der Waals surface area contributed by atoms with Gasteiger partial charge in [0.25, 0.3) is 11.6 Å². The molecule has 1 N–H and O–H groups in total. The lowest BCUT2D eigenvalue weighted by molar-refractivity contribution is -0.384. The average Bonchev–Trinajstić information content (AvgIpc) is 2.92. The third-order valence-corrected chi connectivity index (χ3v) is 6.84. The average molecular weight is 627 g/mol. The number of nitro benzene ring substituents is 1. The summed E-state index contributed by atoms with van der Waals surface area (Å²) in [5.74, 6) is 0.0338. The second-order valence-electron chi connectivity index (χ2n) is 8.13. The lowest BCUT2D eigenvalue weighted by Crippen LogP contribution is -2.14. The smallest absolute Gasteiger partial charge is 0.272 e. The number of rotatable bonds is 8. The fourth-order valence-corrected chi connectivity index (χ4v) is 4.96. The first kappa shape index (κ1) is 27.9. The summed E-state index contributed by atoms with van der Waals surface area (Å²) in [4.78, 5) is 23.2. The van der Waals surface area contributed by atoms with E-state index in [0.29, 0.717) is 21.5 Å². The van der Waals surface area contributed by atoms with E-state index in [-0.39, 0.29) is 33.6 Å². The van der Waals surface area contributed by atoms with Crippen molar-refractivity contribution in [2.75, 3.05) is 12.4 Å². The van der Waals surface area contributed by atoms with E-state index < -0.39 is 10.8 Å². The third-order valence-electron chi connectivity index (χ3n) is 5.66. The number of carbonyl (C=O) groups excluding carboxylic acids is 1. The topological polar surface area (TPSA) is 114 Å². The van der Waals surface area contributed by atoms with Crippen molar-refractivity contribution in [3.8, 4) is 17.6 Å². The minimum absolute atomic E-state index is 0.0500. The van der Waals surface area contributed by atoms with Crippen molar-refractivity contribution in [2.45, 2.75) is 6.61 Å². The van der Waals surface area contributed by atoms with Gasteiger partial charge in [0, 0.05) is 12.1 Å². The molecule has 0 bridgehead atoms. The maximum Gasteiger partial charge on any atom is 0.272 e. The molecule has 0 atom stereocenters. The first-order valence-corrected chi connectivity index (χ1v) is 12.8. The predicted octanol–water partition coefficient (Wildman–Crippen LogP) is 7.95. The van der Waals surface area contributed by atoms with Gasteiger partial charge in [-0.15, -0.1) is 0 Å². The van der Waals surface area contributed by atoms with Crippen LogP contribution in [0.3, 0.4) is 0 Å². The Balaban J connectivity index is 1.58. The van der Waals surface area contributed by atoms with E-state index in [1.54, 1.807) is 12.1 Å². The number of halogens is 3. The number of hydrogen-bond donors (Lipinski definition) is 1. The first-order valence-electron chi connectivity index (χ1n) is 11.3. The van der Waals surface area contributed by atoms with Gasteiger partial charge >= 0.3 is 0 Å². The normalized spacial score (nSPS) is 11.1. The summed E-state index contributed by atoms with van der Waals surface area (Å²) in [6, 6.07) is 21.2. The Bertz CT molecular complexity index is 1660. The van der Waals surface area contributed by atoms with E-state index >= 15 is 0 Å². The Kier molecular flexibility index (Phi) is 8.72. The minimum Gasteiger partial charge on any atom is -0.493 e. The van der Waals surface area contributed by atoms with E-state index in [1.165, 1.54) is 13.2 Å². The van der Waals surface area contributed by atoms with Crippen LogP contribution in [0.4, 0.5) is 11.4 Å². The molecule has 39 heavy (non-hydrogen) atoms. The van der Waals surface area contributed by atoms with Crippen LogP contribution >= 0.6 is 39.1 Å². The summed E-state index contributed by atoms with van der Waals surface area (Å²) >= 11 is 15.6. The summed E-state index contributed by atoms with van der Waals surface area (Å²) in [6.07, 6.45) is 1.35. The maximum atomic E-state index is 12.8. The minimum atomic E-state index is -0.804. The van der Waals surface area contributed by atoms with Gasteiger partial charge < -0.3 is 14.8 Å². The highest BCUT2D eigenvalue weighted by Crippen LogP contribution is 2.39. The van der Waals surface area contributed by atoms with E-state index in [9.17, 15) is 20.2 Å². The van der Waals surface area contributed by atoms with Crippen molar-refractivity contribution in [1.82, 2.24) is 0 Å². The molecule has 0 unspecified atom stereocenters. The number of ether oxygens (including phenoxy) is 2. The zero-order valence-corrected chi connectivity index (χ0v) is 23.3. The molecule has 0 aliphatic heterocycles. The highest BCUT2D eigenvalue weighted by atomic mass is 79.9. The molecule has 8 nitrogen and oxygen atoms in total. The number of nitriles is 1. The number of benzene rings is 4. The predicted molar refractivity (Wildman–Crippen MR) is 154 cm³/mol. The summed E-state index contributed by atoms with van der Waals surface area (Å²) in [5.41, 5.74) is 0.825. The van der Waals surface area contributed by atoms with Gasteiger partial charge in [0.05, 0.1) is 32.2 Å². The number of nitrogens with one attached hydrogen (secondary N) is 1. The van der Waals surface area contributed by atoms with Gasteiger partial charge in [-0.3, -0.25) is 14.9 Å². The Labute approximate surface area is 241 Å². The Morgan fingerprint density at radius 3 is 2.49 bits per heavy atom. The molecule has 0 spiro atoms. The molecule has 4 rings (SSSR count). The Morgan fingerprint density at radius 1 is 1.13 bits per heavy atom. The Hall–Kier alpha value is -4.10. The second-order valence-corrected chi connectivity index (χ2v) is 9.80. The lowest BCUT2D eigenvalue weighted by Gasteiger charge is -2.15. The molecule has 0 saturated heterocycles. The molecule has 0 heterocycles. The van der Waals surface area contributed by atoms with Crippen molar-refractivity contribution < 1.29 is 19.2 Å². The molecule has 4 aromatic carbocycles. The number of amides is 1. The molecular weight excluding hydrogens is 609 g/mol. The number of hydrogen-bond acceptors (Lipinski definition) is 6. The van der Waals surface area contributed by atoms with Crippen LogP contribution in [0, 0.1) is 21.4 Å². The lowest BCUT2D eigenvalue weighted by atomic mass is 10.1. The molecule has 11 heteroatoms. The molecule has 0 aliphatic carbocycles. The fraction of sp³-hybridized carbons (Fsp3) is 0.0714. The Morgan fingerprint density at radius 2 is 1.82 bits per heavy atom. The number of anilines is 1. The van der Waals surface area contributed by atoms with Crippen LogP contribution in [0.5, 0.6) is 11.5 Å². The standard InChI is InChI=1S/C28H18BrCl2N3O5/c1-38-25-11-16(9-19(14-32)28(35)33-26-23(30)12-20(34(36)37)13-24(26)31)10-22(29)27(25)39-15-18-7-4-6-17-5-2-3-8-21(17)18/h2-13H,15H2,1H3,(H,33,35)/b19-9+. The number of methoxy groups -OCH3 is 1. The van der Waals surface area contributed by atoms with Crippen molar-refractivity contribution in [3.63, 3.8) is 0 Å². The summed E-state index contributed by atoms with van der Waals surface area (Å²) in [6.45, 7) is 0.286. The van der Waals surface area contributed by atoms with Gasteiger partial charge in [-0.2, -0.15) is 5.26 Å². The third kappa shape index (κ3) is 6.32. The zero-order chi connectivity index (χ0) is 28.1. The molecule has 0 aliphatic rings. The first-order chi connectivity index (χ1) is 18.7. The largest absolute Gasteiger partial charge is 0.493 e. The van der Waals surface area contributed by atoms with Gasteiger partial charge in [0.2, 0.25) is 0 Å². The molecule has 0 fully saturated rings. The zero-order valence-electron chi connectivity index (χ0n) is 20.2. The van der Waals surface area contributed by atoms with Crippen LogP contribution in [-0.2, 0) is 11.4 Å². The molecular formula is C28H18BrCl2N3O5. The van der Waals surface area contributed by atoms with E-state index in [1.807, 2.05) is 48.5 Å². The van der Waals surface area contributed by atoms with E-state index in [0.717, 1.165) is 28.5 Å². The second kappa shape index (κ2) is 12.2. The molecule has 0 aromatic heterocycles. The number of nitrogens with zero attached hydrogens (tertiary/aromatic N) is 2. The van der Waals surface area contributed by atoms with Gasteiger partial charge in [-0.1, -0.05) is 65.7 Å². The molecule has 4 aromatic rings. The van der Waals surface area contributed by atoms with Crippen molar-refractivity contribution in [1.29, 1.82) is 5.26 Å². The molecule has 1 amide bonds. The van der Waals surface area contributed by atoms with Gasteiger partial charge in [0.1, 0.15) is 18.2 Å². The van der Waals surface area contributed by atoms with Crippen molar-refractivity contribution in [2.24, 2.45) is 0 Å². The molecule has 0 radical (unpaired) electrons. The summed E-state index contributed by atoms with van der Waals surface area (Å²) in [7, 11) is 1.48. The summed E-state index contributed by atoms with van der Waals surface area (Å²) < 4.78 is 12.2. The number of carbonyl (C=O) groups is 1. The van der Waals surface area contributed by atoms with Crippen molar-refractivity contribution in [3.05, 3.63) is 108 Å². The van der Waals surface area contributed by atoms with Crippen LogP contribution in [0.15, 0.2) is 76.8 Å². The molecule has 0 saturated carbocycles.